The summed E-state index contributed by atoms with van der Waals surface area (Å²) in [4.78, 5) is 11.7. The van der Waals surface area contributed by atoms with Gasteiger partial charge in [0, 0.05) is 6.42 Å². The summed E-state index contributed by atoms with van der Waals surface area (Å²) in [5, 5.41) is 0. The van der Waals surface area contributed by atoms with E-state index in [1.165, 1.54) is 96.3 Å². The maximum absolute atomic E-state index is 11.7. The Hall–Kier alpha value is -0.530. The molecule has 0 aliphatic heterocycles. The van der Waals surface area contributed by atoms with Crippen LogP contribution < -0.4 is 0 Å². The predicted molar refractivity (Wildman–Crippen MR) is 115 cm³/mol. The van der Waals surface area contributed by atoms with Gasteiger partial charge in [0.05, 0.1) is 6.61 Å². The molecular formula is C24H48O2. The van der Waals surface area contributed by atoms with Crippen LogP contribution >= 0.6 is 0 Å². The summed E-state index contributed by atoms with van der Waals surface area (Å²) in [5.74, 6) is 0.875. The summed E-state index contributed by atoms with van der Waals surface area (Å²) in [6.45, 7) is 7.50. The van der Waals surface area contributed by atoms with E-state index in [-0.39, 0.29) is 5.97 Å². The average Bonchev–Trinajstić information content (AvgIpc) is 2.61. The fraction of sp³-hybridized carbons (Fsp3) is 0.958. The highest BCUT2D eigenvalue weighted by atomic mass is 16.5. The Balaban J connectivity index is 3.14. The number of hydrogen-bond acceptors (Lipinski definition) is 2. The van der Waals surface area contributed by atoms with Gasteiger partial charge in [-0.1, -0.05) is 117 Å². The summed E-state index contributed by atoms with van der Waals surface area (Å²) >= 11 is 0. The minimum Gasteiger partial charge on any atom is -0.466 e. The zero-order valence-electron chi connectivity index (χ0n) is 18.3. The first-order valence-electron chi connectivity index (χ1n) is 11.8. The molecule has 0 aliphatic carbocycles. The van der Waals surface area contributed by atoms with Gasteiger partial charge < -0.3 is 4.74 Å². The van der Waals surface area contributed by atoms with Crippen molar-refractivity contribution in [2.75, 3.05) is 6.61 Å². The van der Waals surface area contributed by atoms with Gasteiger partial charge in [0.15, 0.2) is 0 Å². The summed E-state index contributed by atoms with van der Waals surface area (Å²) in [5.41, 5.74) is 0. The molecule has 0 saturated heterocycles. The van der Waals surface area contributed by atoms with Crippen molar-refractivity contribution in [3.63, 3.8) is 0 Å². The molecule has 0 aromatic heterocycles. The van der Waals surface area contributed by atoms with Crippen molar-refractivity contribution >= 4 is 5.97 Å². The smallest absolute Gasteiger partial charge is 0.305 e. The van der Waals surface area contributed by atoms with E-state index < -0.39 is 0 Å². The molecule has 0 unspecified atom stereocenters. The zero-order chi connectivity index (χ0) is 19.3. The molecule has 0 atom stereocenters. The number of ether oxygens (including phenoxy) is 1. The first-order chi connectivity index (χ1) is 12.7. The molecule has 26 heavy (non-hydrogen) atoms. The van der Waals surface area contributed by atoms with Crippen LogP contribution in [0.4, 0.5) is 0 Å². The molecule has 0 aliphatic rings. The topological polar surface area (TPSA) is 26.3 Å². The molecular weight excluding hydrogens is 320 g/mol. The minimum absolute atomic E-state index is 0.0138. The van der Waals surface area contributed by atoms with Crippen LogP contribution in [0, 0.1) is 5.92 Å². The molecule has 0 N–H and O–H groups in total. The fourth-order valence-electron chi connectivity index (χ4n) is 3.38. The molecule has 0 aromatic carbocycles. The summed E-state index contributed by atoms with van der Waals surface area (Å²) in [7, 11) is 0. The minimum atomic E-state index is 0.0138. The van der Waals surface area contributed by atoms with E-state index in [0.29, 0.717) is 13.0 Å². The van der Waals surface area contributed by atoms with Crippen molar-refractivity contribution in [3.05, 3.63) is 0 Å². The SMILES string of the molecule is CCCCCCCCCC(=O)OCCCCCCCCCCCC(C)C. The van der Waals surface area contributed by atoms with Gasteiger partial charge >= 0.3 is 5.97 Å². The molecule has 0 spiro atoms. The molecule has 2 nitrogen and oxygen atoms in total. The quantitative estimate of drug-likeness (QED) is 0.160. The van der Waals surface area contributed by atoms with Crippen LogP contribution in [0.2, 0.25) is 0 Å². The van der Waals surface area contributed by atoms with Crippen molar-refractivity contribution in [1.29, 1.82) is 0 Å². The first kappa shape index (κ1) is 25.5. The van der Waals surface area contributed by atoms with Crippen molar-refractivity contribution in [2.45, 2.75) is 136 Å². The molecule has 0 bridgehead atoms. The van der Waals surface area contributed by atoms with Crippen LogP contribution in [0.5, 0.6) is 0 Å². The second-order valence-electron chi connectivity index (χ2n) is 8.46. The lowest BCUT2D eigenvalue weighted by Gasteiger charge is -2.06. The Kier molecular flexibility index (Phi) is 20.4. The van der Waals surface area contributed by atoms with Crippen LogP contribution in [0.25, 0.3) is 0 Å². The first-order valence-corrected chi connectivity index (χ1v) is 11.8. The molecule has 0 saturated carbocycles. The molecule has 0 heterocycles. The monoisotopic (exact) mass is 368 g/mol. The maximum Gasteiger partial charge on any atom is 0.305 e. The number of carbonyl (C=O) groups excluding carboxylic acids is 1. The van der Waals surface area contributed by atoms with Crippen LogP contribution in [0.15, 0.2) is 0 Å². The van der Waals surface area contributed by atoms with Gasteiger partial charge in [-0.2, -0.15) is 0 Å². The maximum atomic E-state index is 11.7. The summed E-state index contributed by atoms with van der Waals surface area (Å²) in [6.07, 6.45) is 22.6. The van der Waals surface area contributed by atoms with Crippen molar-refractivity contribution in [3.8, 4) is 0 Å². The Bertz CT molecular complexity index is 286. The second kappa shape index (κ2) is 20.8. The molecule has 0 amide bonds. The van der Waals surface area contributed by atoms with E-state index in [9.17, 15) is 4.79 Å². The van der Waals surface area contributed by atoms with Gasteiger partial charge in [-0.25, -0.2) is 0 Å². The van der Waals surface area contributed by atoms with Gasteiger partial charge in [-0.3, -0.25) is 4.79 Å². The Labute approximate surface area is 164 Å². The van der Waals surface area contributed by atoms with Crippen LogP contribution in [0.3, 0.4) is 0 Å². The van der Waals surface area contributed by atoms with Gasteiger partial charge in [-0.05, 0) is 18.8 Å². The number of hydrogen-bond donors (Lipinski definition) is 0. The Morgan fingerprint density at radius 2 is 1.12 bits per heavy atom. The Morgan fingerprint density at radius 3 is 1.65 bits per heavy atom. The molecule has 0 fully saturated rings. The lowest BCUT2D eigenvalue weighted by molar-refractivity contribution is -0.143. The van der Waals surface area contributed by atoms with Gasteiger partial charge in [0.2, 0.25) is 0 Å². The van der Waals surface area contributed by atoms with E-state index in [1.54, 1.807) is 0 Å². The van der Waals surface area contributed by atoms with Crippen LogP contribution in [-0.2, 0) is 9.53 Å². The second-order valence-corrected chi connectivity index (χ2v) is 8.46. The highest BCUT2D eigenvalue weighted by Crippen LogP contribution is 2.13. The van der Waals surface area contributed by atoms with Crippen LogP contribution in [0.1, 0.15) is 136 Å². The average molecular weight is 369 g/mol. The van der Waals surface area contributed by atoms with E-state index >= 15 is 0 Å². The molecule has 0 radical (unpaired) electrons. The van der Waals surface area contributed by atoms with Crippen molar-refractivity contribution < 1.29 is 9.53 Å². The lowest BCUT2D eigenvalue weighted by Crippen LogP contribution is -2.05. The van der Waals surface area contributed by atoms with Gasteiger partial charge in [0.1, 0.15) is 0 Å². The van der Waals surface area contributed by atoms with Gasteiger partial charge in [-0.15, -0.1) is 0 Å². The van der Waals surface area contributed by atoms with Crippen molar-refractivity contribution in [2.24, 2.45) is 5.92 Å². The van der Waals surface area contributed by atoms with E-state index in [4.69, 9.17) is 4.74 Å². The Morgan fingerprint density at radius 1 is 0.654 bits per heavy atom. The third-order valence-electron chi connectivity index (χ3n) is 5.17. The summed E-state index contributed by atoms with van der Waals surface area (Å²) in [6, 6.07) is 0. The largest absolute Gasteiger partial charge is 0.466 e. The molecule has 156 valence electrons. The standard InChI is InChI=1S/C24H48O2/c1-4-5-6-7-11-15-18-21-24(25)26-22-19-16-13-10-8-9-12-14-17-20-23(2)3/h23H,4-22H2,1-3H3. The van der Waals surface area contributed by atoms with Crippen molar-refractivity contribution in [1.82, 2.24) is 0 Å². The number of unbranched alkanes of at least 4 members (excludes halogenated alkanes) is 14. The fourth-order valence-corrected chi connectivity index (χ4v) is 3.38. The zero-order valence-corrected chi connectivity index (χ0v) is 18.3. The molecule has 0 rings (SSSR count). The van der Waals surface area contributed by atoms with Crippen LogP contribution in [-0.4, -0.2) is 12.6 Å². The predicted octanol–water partition coefficient (Wildman–Crippen LogP) is 8.23. The number of carbonyl (C=O) groups is 1. The molecule has 0 aromatic rings. The molecule has 2 heteroatoms. The number of rotatable bonds is 20. The lowest BCUT2D eigenvalue weighted by atomic mass is 10.0. The van der Waals surface area contributed by atoms with Gasteiger partial charge in [0.25, 0.3) is 0 Å². The third kappa shape index (κ3) is 21.5. The summed E-state index contributed by atoms with van der Waals surface area (Å²) < 4.78 is 5.34. The highest BCUT2D eigenvalue weighted by molar-refractivity contribution is 5.69. The number of esters is 1. The van der Waals surface area contributed by atoms with E-state index in [0.717, 1.165) is 18.8 Å². The van der Waals surface area contributed by atoms with E-state index in [1.807, 2.05) is 0 Å². The van der Waals surface area contributed by atoms with E-state index in [2.05, 4.69) is 20.8 Å². The highest BCUT2D eigenvalue weighted by Gasteiger charge is 2.02. The normalized spacial score (nSPS) is 11.2. The third-order valence-corrected chi connectivity index (χ3v) is 5.17.